The summed E-state index contributed by atoms with van der Waals surface area (Å²) < 4.78 is 1.88. The molecule has 1 aromatic heterocycles. The molecular weight excluding hydrogens is 290 g/mol. The van der Waals surface area contributed by atoms with Crippen molar-refractivity contribution in [2.24, 2.45) is 0 Å². The van der Waals surface area contributed by atoms with Gasteiger partial charge in [0.2, 0.25) is 0 Å². The minimum atomic E-state index is -0.893. The lowest BCUT2D eigenvalue weighted by molar-refractivity contribution is -0.133. The first-order chi connectivity index (χ1) is 10.2. The Morgan fingerprint density at radius 3 is 2.67 bits per heavy atom. The van der Waals surface area contributed by atoms with Gasteiger partial charge < -0.3 is 14.8 Å². The smallest absolute Gasteiger partial charge is 0.313 e. The van der Waals surface area contributed by atoms with Crippen LogP contribution in [0.1, 0.15) is 36.4 Å². The summed E-state index contributed by atoms with van der Waals surface area (Å²) in [6, 6.07) is 9.54. The van der Waals surface area contributed by atoms with E-state index in [1.54, 1.807) is 0 Å². The van der Waals surface area contributed by atoms with Crippen molar-refractivity contribution >= 4 is 17.7 Å². The molecule has 7 heteroatoms. The summed E-state index contributed by atoms with van der Waals surface area (Å²) in [6.45, 7) is 0. The predicted octanol–water partition coefficient (Wildman–Crippen LogP) is 1.87. The van der Waals surface area contributed by atoms with Crippen LogP contribution in [-0.2, 0) is 4.79 Å². The Kier molecular flexibility index (Phi) is 3.94. The fourth-order valence-corrected chi connectivity index (χ4v) is 2.89. The first-order valence-corrected chi connectivity index (χ1v) is 7.68. The number of thioether (sulfide) groups is 1. The number of hydrogen-bond acceptors (Lipinski definition) is 5. The highest BCUT2D eigenvalue weighted by Gasteiger charge is 2.32. The number of carboxylic acids is 1. The molecule has 110 valence electrons. The van der Waals surface area contributed by atoms with E-state index in [4.69, 9.17) is 5.11 Å². The average molecular weight is 305 g/mol. The van der Waals surface area contributed by atoms with Crippen LogP contribution in [0.2, 0.25) is 0 Å². The van der Waals surface area contributed by atoms with Crippen LogP contribution in [0.4, 0.5) is 0 Å². The van der Waals surface area contributed by atoms with Gasteiger partial charge >= 0.3 is 5.97 Å². The van der Waals surface area contributed by atoms with Crippen molar-refractivity contribution in [2.75, 3.05) is 5.75 Å². The maximum absolute atomic E-state index is 10.7. The van der Waals surface area contributed by atoms with Crippen molar-refractivity contribution in [2.45, 2.75) is 30.1 Å². The number of aliphatic hydroxyl groups excluding tert-OH is 1. The van der Waals surface area contributed by atoms with Gasteiger partial charge in [-0.3, -0.25) is 4.79 Å². The molecule has 1 saturated carbocycles. The largest absolute Gasteiger partial charge is 0.481 e. The van der Waals surface area contributed by atoms with E-state index in [0.29, 0.717) is 11.0 Å². The molecule has 1 heterocycles. The van der Waals surface area contributed by atoms with E-state index >= 15 is 0 Å². The number of hydrogen-bond donors (Lipinski definition) is 2. The summed E-state index contributed by atoms with van der Waals surface area (Å²) in [4.78, 5) is 10.7. The van der Waals surface area contributed by atoms with Crippen molar-refractivity contribution in [3.8, 4) is 0 Å². The summed E-state index contributed by atoms with van der Waals surface area (Å²) in [6.07, 6.45) is 1.17. The third-order valence-electron chi connectivity index (χ3n) is 3.29. The van der Waals surface area contributed by atoms with Crippen molar-refractivity contribution in [1.29, 1.82) is 0 Å². The Balaban J connectivity index is 1.90. The number of carboxylic acid groups (broad SMARTS) is 1. The number of nitrogens with zero attached hydrogens (tertiary/aromatic N) is 3. The van der Waals surface area contributed by atoms with E-state index in [2.05, 4.69) is 10.2 Å². The minimum Gasteiger partial charge on any atom is -0.481 e. The van der Waals surface area contributed by atoms with Gasteiger partial charge in [0.15, 0.2) is 11.0 Å². The zero-order valence-corrected chi connectivity index (χ0v) is 12.0. The Morgan fingerprint density at radius 2 is 2.05 bits per heavy atom. The summed E-state index contributed by atoms with van der Waals surface area (Å²) in [5, 5.41) is 28.0. The molecule has 21 heavy (non-hydrogen) atoms. The molecule has 0 bridgehead atoms. The third kappa shape index (κ3) is 3.08. The van der Waals surface area contributed by atoms with Crippen LogP contribution >= 0.6 is 11.8 Å². The number of aliphatic carboxylic acids is 1. The topological polar surface area (TPSA) is 88.2 Å². The fourth-order valence-electron chi connectivity index (χ4n) is 2.16. The van der Waals surface area contributed by atoms with Crippen molar-refractivity contribution in [3.05, 3.63) is 41.7 Å². The van der Waals surface area contributed by atoms with E-state index in [1.165, 1.54) is 0 Å². The molecule has 2 N–H and O–H groups in total. The van der Waals surface area contributed by atoms with Gasteiger partial charge in [-0.2, -0.15) is 0 Å². The zero-order valence-electron chi connectivity index (χ0n) is 11.2. The number of carbonyl (C=O) groups is 1. The van der Waals surface area contributed by atoms with Gasteiger partial charge in [0.05, 0.1) is 5.75 Å². The van der Waals surface area contributed by atoms with Gasteiger partial charge in [-0.15, -0.1) is 10.2 Å². The molecular formula is C14H15N3O3S. The summed E-state index contributed by atoms with van der Waals surface area (Å²) in [5.74, 6) is -0.473. The first-order valence-electron chi connectivity index (χ1n) is 6.69. The maximum Gasteiger partial charge on any atom is 0.313 e. The normalized spacial score (nSPS) is 15.9. The Morgan fingerprint density at radius 1 is 1.33 bits per heavy atom. The summed E-state index contributed by atoms with van der Waals surface area (Å²) >= 11 is 1.14. The Bertz CT molecular complexity index is 640. The van der Waals surface area contributed by atoms with Crippen LogP contribution in [0.25, 0.3) is 0 Å². The van der Waals surface area contributed by atoms with Gasteiger partial charge in [0.25, 0.3) is 0 Å². The molecule has 0 amide bonds. The SMILES string of the molecule is O=C(O)CSc1nnc(C(O)c2ccccc2)n1C1CC1. The molecule has 1 aromatic carbocycles. The molecule has 0 radical (unpaired) electrons. The van der Waals surface area contributed by atoms with E-state index < -0.39 is 12.1 Å². The number of rotatable bonds is 6. The van der Waals surface area contributed by atoms with E-state index in [-0.39, 0.29) is 11.8 Å². The third-order valence-corrected chi connectivity index (χ3v) is 4.22. The molecule has 1 aliphatic carbocycles. The van der Waals surface area contributed by atoms with Crippen molar-refractivity contribution in [3.63, 3.8) is 0 Å². The molecule has 0 aliphatic heterocycles. The molecule has 2 aromatic rings. The van der Waals surface area contributed by atoms with Gasteiger partial charge in [0.1, 0.15) is 6.10 Å². The van der Waals surface area contributed by atoms with Gasteiger partial charge in [-0.1, -0.05) is 42.1 Å². The Labute approximate surface area is 125 Å². The second-order valence-electron chi connectivity index (χ2n) is 4.94. The molecule has 0 saturated heterocycles. The lowest BCUT2D eigenvalue weighted by Crippen LogP contribution is -2.10. The quantitative estimate of drug-likeness (QED) is 0.792. The molecule has 1 fully saturated rings. The highest BCUT2D eigenvalue weighted by molar-refractivity contribution is 7.99. The van der Waals surface area contributed by atoms with Crippen LogP contribution in [0.15, 0.2) is 35.5 Å². The van der Waals surface area contributed by atoms with E-state index in [1.807, 2.05) is 34.9 Å². The lowest BCUT2D eigenvalue weighted by atomic mass is 10.1. The highest BCUT2D eigenvalue weighted by atomic mass is 32.2. The van der Waals surface area contributed by atoms with Crippen LogP contribution in [0.3, 0.4) is 0 Å². The highest BCUT2D eigenvalue weighted by Crippen LogP contribution is 2.40. The molecule has 1 aliphatic rings. The number of aromatic nitrogens is 3. The van der Waals surface area contributed by atoms with Gasteiger partial charge in [0, 0.05) is 6.04 Å². The van der Waals surface area contributed by atoms with Crippen LogP contribution < -0.4 is 0 Å². The lowest BCUT2D eigenvalue weighted by Gasteiger charge is -2.13. The standard InChI is InChI=1S/C14H15N3O3S/c18-11(19)8-21-14-16-15-13(17(14)10-6-7-10)12(20)9-4-2-1-3-5-9/h1-5,10,12,20H,6-8H2,(H,18,19). The zero-order chi connectivity index (χ0) is 14.8. The average Bonchev–Trinajstić information content (AvgIpc) is 3.25. The molecule has 6 nitrogen and oxygen atoms in total. The molecule has 1 atom stereocenters. The van der Waals surface area contributed by atoms with Crippen molar-refractivity contribution < 1.29 is 15.0 Å². The monoisotopic (exact) mass is 305 g/mol. The maximum atomic E-state index is 10.7. The van der Waals surface area contributed by atoms with Gasteiger partial charge in [-0.25, -0.2) is 0 Å². The Hall–Kier alpha value is -1.86. The first kappa shape index (κ1) is 14.1. The fraction of sp³-hybridized carbons (Fsp3) is 0.357. The molecule has 3 rings (SSSR count). The number of aliphatic hydroxyl groups is 1. The second kappa shape index (κ2) is 5.87. The predicted molar refractivity (Wildman–Crippen MR) is 77.2 cm³/mol. The summed E-state index contributed by atoms with van der Waals surface area (Å²) in [5.41, 5.74) is 0.751. The van der Waals surface area contributed by atoms with Crippen molar-refractivity contribution in [1.82, 2.24) is 14.8 Å². The summed E-state index contributed by atoms with van der Waals surface area (Å²) in [7, 11) is 0. The van der Waals surface area contributed by atoms with Crippen LogP contribution in [0, 0.1) is 0 Å². The van der Waals surface area contributed by atoms with Crippen LogP contribution in [-0.4, -0.2) is 36.7 Å². The van der Waals surface area contributed by atoms with Gasteiger partial charge in [-0.05, 0) is 18.4 Å². The second-order valence-corrected chi connectivity index (χ2v) is 5.88. The van der Waals surface area contributed by atoms with E-state index in [0.717, 1.165) is 30.2 Å². The minimum absolute atomic E-state index is 0.0632. The molecule has 1 unspecified atom stereocenters. The number of benzene rings is 1. The van der Waals surface area contributed by atoms with Crippen LogP contribution in [0.5, 0.6) is 0 Å². The molecule has 0 spiro atoms. The van der Waals surface area contributed by atoms with E-state index in [9.17, 15) is 9.90 Å².